The van der Waals surface area contributed by atoms with Gasteiger partial charge in [-0.25, -0.2) is 0 Å². The monoisotopic (exact) mass is 173 g/mol. The number of rotatable bonds is 2. The highest BCUT2D eigenvalue weighted by atomic mass is 28.3. The lowest BCUT2D eigenvalue weighted by atomic mass is 10.4. The van der Waals surface area contributed by atoms with Crippen LogP contribution in [0.2, 0.25) is 24.8 Å². The van der Waals surface area contributed by atoms with Gasteiger partial charge in [-0.1, -0.05) is 19.5 Å². The molecule has 0 N–H and O–H groups in total. The van der Waals surface area contributed by atoms with Crippen molar-refractivity contribution in [2.45, 2.75) is 37.6 Å². The number of hydrogen-bond acceptors (Lipinski definition) is 1. The third-order valence-electron chi connectivity index (χ3n) is 1.91. The van der Waals surface area contributed by atoms with Crippen LogP contribution in [-0.2, 0) is 4.43 Å². The lowest BCUT2D eigenvalue weighted by molar-refractivity contribution is 0.289. The highest BCUT2D eigenvalue weighted by molar-refractivity contribution is 6.73. The van der Waals surface area contributed by atoms with Gasteiger partial charge in [-0.2, -0.15) is 0 Å². The van der Waals surface area contributed by atoms with Gasteiger partial charge in [-0.3, -0.25) is 0 Å². The van der Waals surface area contributed by atoms with Crippen molar-refractivity contribution in [3.63, 3.8) is 0 Å². The average molecular weight is 173 g/mol. The molecule has 1 heterocycles. The fourth-order valence-corrected chi connectivity index (χ4v) is 7.77. The van der Waals surface area contributed by atoms with E-state index in [2.05, 4.69) is 13.1 Å². The summed E-state index contributed by atoms with van der Waals surface area (Å²) < 4.78 is 5.75. The molecule has 1 fully saturated rings. The summed E-state index contributed by atoms with van der Waals surface area (Å²) in [4.78, 5) is 0. The standard InChI is InChI=1S/C7H17OSi2/c1-9(2)7-10-6-4-3-5-8-10/h10H,3-7H2,1-2H3. The Morgan fingerprint density at radius 1 is 1.40 bits per heavy atom. The highest BCUT2D eigenvalue weighted by Gasteiger charge is 2.17. The van der Waals surface area contributed by atoms with Gasteiger partial charge >= 0.3 is 0 Å². The van der Waals surface area contributed by atoms with Crippen LogP contribution in [0, 0.1) is 0 Å². The van der Waals surface area contributed by atoms with Crippen molar-refractivity contribution >= 4 is 17.8 Å². The van der Waals surface area contributed by atoms with Gasteiger partial charge < -0.3 is 4.43 Å². The molecule has 1 saturated heterocycles. The second-order valence-corrected chi connectivity index (χ2v) is 9.60. The molecule has 3 heteroatoms. The third-order valence-corrected chi connectivity index (χ3v) is 8.76. The van der Waals surface area contributed by atoms with Gasteiger partial charge in [0, 0.05) is 15.4 Å². The Morgan fingerprint density at radius 3 is 2.70 bits per heavy atom. The van der Waals surface area contributed by atoms with Crippen LogP contribution in [-0.4, -0.2) is 24.4 Å². The van der Waals surface area contributed by atoms with E-state index >= 15 is 0 Å². The van der Waals surface area contributed by atoms with Gasteiger partial charge in [0.1, 0.15) is 0 Å². The Morgan fingerprint density at radius 2 is 2.20 bits per heavy atom. The molecular weight excluding hydrogens is 156 g/mol. The fourth-order valence-electron chi connectivity index (χ4n) is 1.42. The SMILES string of the molecule is C[Si](C)C[SiH]1CCCCO1. The molecule has 1 atom stereocenters. The summed E-state index contributed by atoms with van der Waals surface area (Å²) in [5, 5.41) is 0. The van der Waals surface area contributed by atoms with Crippen LogP contribution < -0.4 is 0 Å². The van der Waals surface area contributed by atoms with E-state index in [9.17, 15) is 0 Å². The first-order valence-corrected chi connectivity index (χ1v) is 9.01. The number of hydrogen-bond donors (Lipinski definition) is 0. The second kappa shape index (κ2) is 4.31. The van der Waals surface area contributed by atoms with Gasteiger partial charge in [-0.05, 0) is 18.1 Å². The molecule has 1 unspecified atom stereocenters. The fraction of sp³-hybridized carbons (Fsp3) is 1.00. The molecule has 0 aromatic heterocycles. The summed E-state index contributed by atoms with van der Waals surface area (Å²) in [6.07, 6.45) is 2.77. The maximum Gasteiger partial charge on any atom is 0.174 e. The van der Waals surface area contributed by atoms with Gasteiger partial charge in [0.2, 0.25) is 0 Å². The smallest absolute Gasteiger partial charge is 0.174 e. The van der Waals surface area contributed by atoms with Crippen molar-refractivity contribution in [3.05, 3.63) is 0 Å². The van der Waals surface area contributed by atoms with E-state index in [1.807, 2.05) is 0 Å². The van der Waals surface area contributed by atoms with Crippen LogP contribution in [0.5, 0.6) is 0 Å². The maximum atomic E-state index is 5.75. The largest absolute Gasteiger partial charge is 0.420 e. The lowest BCUT2D eigenvalue weighted by Gasteiger charge is -2.21. The highest BCUT2D eigenvalue weighted by Crippen LogP contribution is 2.14. The molecule has 59 valence electrons. The molecular formula is C7H17OSi2. The Hall–Kier alpha value is 0.394. The van der Waals surface area contributed by atoms with E-state index in [4.69, 9.17) is 4.43 Å². The minimum atomic E-state index is -0.639. The molecule has 0 saturated carbocycles. The first-order valence-electron chi connectivity index (χ1n) is 4.19. The van der Waals surface area contributed by atoms with Gasteiger partial charge in [-0.15, -0.1) is 0 Å². The first kappa shape index (κ1) is 8.49. The molecule has 1 rings (SSSR count). The molecule has 0 aromatic rings. The van der Waals surface area contributed by atoms with Crippen LogP contribution in [0.25, 0.3) is 0 Å². The Kier molecular flexibility index (Phi) is 3.66. The summed E-state index contributed by atoms with van der Waals surface area (Å²) in [7, 11) is -0.636. The van der Waals surface area contributed by atoms with Crippen molar-refractivity contribution in [1.29, 1.82) is 0 Å². The zero-order valence-electron chi connectivity index (χ0n) is 7.02. The summed E-state index contributed by atoms with van der Waals surface area (Å²) in [6, 6.07) is 1.45. The van der Waals surface area contributed by atoms with Crippen molar-refractivity contribution in [2.24, 2.45) is 0 Å². The molecule has 10 heavy (non-hydrogen) atoms. The van der Waals surface area contributed by atoms with Gasteiger partial charge in [0.05, 0.1) is 0 Å². The van der Waals surface area contributed by atoms with E-state index in [1.165, 1.54) is 24.6 Å². The van der Waals surface area contributed by atoms with E-state index in [0.717, 1.165) is 6.61 Å². The average Bonchev–Trinajstić information content (AvgIpc) is 1.88. The van der Waals surface area contributed by atoms with Crippen molar-refractivity contribution in [2.75, 3.05) is 6.61 Å². The third kappa shape index (κ3) is 2.99. The molecule has 0 bridgehead atoms. The zero-order valence-corrected chi connectivity index (χ0v) is 9.18. The summed E-state index contributed by atoms with van der Waals surface area (Å²) >= 11 is 0. The van der Waals surface area contributed by atoms with Crippen LogP contribution in [0.1, 0.15) is 12.8 Å². The maximum absolute atomic E-state index is 5.75. The molecule has 0 amide bonds. The van der Waals surface area contributed by atoms with Gasteiger partial charge in [0.25, 0.3) is 0 Å². The first-order chi connectivity index (χ1) is 4.79. The normalized spacial score (nSPS) is 27.3. The lowest BCUT2D eigenvalue weighted by Crippen LogP contribution is -2.27. The Labute approximate surface area is 67.1 Å². The van der Waals surface area contributed by atoms with Crippen LogP contribution in [0.4, 0.5) is 0 Å². The quantitative estimate of drug-likeness (QED) is 0.579. The molecule has 0 aliphatic carbocycles. The molecule has 1 radical (unpaired) electrons. The van der Waals surface area contributed by atoms with E-state index in [-0.39, 0.29) is 8.80 Å². The second-order valence-electron chi connectivity index (χ2n) is 3.40. The Bertz CT molecular complexity index is 89.6. The summed E-state index contributed by atoms with van der Waals surface area (Å²) in [5.74, 6) is 0. The Balaban J connectivity index is 2.13. The predicted octanol–water partition coefficient (Wildman–Crippen LogP) is 1.81. The van der Waals surface area contributed by atoms with Crippen molar-refractivity contribution < 1.29 is 4.43 Å². The van der Waals surface area contributed by atoms with E-state index < -0.39 is 9.04 Å². The van der Waals surface area contributed by atoms with Crippen LogP contribution in [0.3, 0.4) is 0 Å². The van der Waals surface area contributed by atoms with Gasteiger partial charge in [0.15, 0.2) is 9.04 Å². The van der Waals surface area contributed by atoms with E-state index in [0.29, 0.717) is 0 Å². The zero-order chi connectivity index (χ0) is 7.40. The molecule has 1 aliphatic heterocycles. The van der Waals surface area contributed by atoms with E-state index in [1.54, 1.807) is 0 Å². The van der Waals surface area contributed by atoms with Crippen LogP contribution >= 0.6 is 0 Å². The summed E-state index contributed by atoms with van der Waals surface area (Å²) in [5.41, 5.74) is 1.49. The minimum absolute atomic E-state index is 0.00320. The molecule has 1 nitrogen and oxygen atoms in total. The molecule has 0 aromatic carbocycles. The topological polar surface area (TPSA) is 9.23 Å². The minimum Gasteiger partial charge on any atom is -0.420 e. The van der Waals surface area contributed by atoms with Crippen LogP contribution in [0.15, 0.2) is 0 Å². The van der Waals surface area contributed by atoms with Crippen molar-refractivity contribution in [3.8, 4) is 0 Å². The summed E-state index contributed by atoms with van der Waals surface area (Å²) in [6.45, 7) is 5.87. The van der Waals surface area contributed by atoms with Crippen molar-refractivity contribution in [1.82, 2.24) is 0 Å². The predicted molar refractivity (Wildman–Crippen MR) is 49.4 cm³/mol. The molecule has 1 aliphatic rings. The molecule has 0 spiro atoms.